The van der Waals surface area contributed by atoms with Crippen LogP contribution in [0, 0.1) is 0 Å². The molecule has 0 saturated heterocycles. The maximum atomic E-state index is 13.8. The van der Waals surface area contributed by atoms with Gasteiger partial charge in [-0.1, -0.05) is 24.3 Å². The first-order chi connectivity index (χ1) is 18.2. The van der Waals surface area contributed by atoms with E-state index >= 15 is 0 Å². The van der Waals surface area contributed by atoms with E-state index in [1.165, 1.54) is 17.8 Å². The molecule has 0 N–H and O–H groups in total. The average molecular weight is 586 g/mol. The summed E-state index contributed by atoms with van der Waals surface area (Å²) in [5.74, 6) is 0. The van der Waals surface area contributed by atoms with E-state index in [9.17, 15) is 52.7 Å². The summed E-state index contributed by atoms with van der Waals surface area (Å²) in [6.45, 7) is 0. The van der Waals surface area contributed by atoms with Crippen molar-refractivity contribution in [3.8, 4) is 0 Å². The molecule has 0 fully saturated rings. The molecule has 0 unspecified atom stereocenters. The molecule has 4 aromatic rings. The molecule has 0 radical (unpaired) electrons. The van der Waals surface area contributed by atoms with Crippen molar-refractivity contribution in [1.29, 1.82) is 0 Å². The van der Waals surface area contributed by atoms with Gasteiger partial charge in [-0.15, -0.1) is 10.9 Å². The molecule has 0 saturated carbocycles. The van der Waals surface area contributed by atoms with Gasteiger partial charge in [-0.25, -0.2) is 9.67 Å². The minimum absolute atomic E-state index is 0.198. The number of hydrogen-bond donors (Lipinski definition) is 0. The Balaban J connectivity index is 2.28. The Kier molecular flexibility index (Phi) is 6.78. The van der Waals surface area contributed by atoms with Crippen LogP contribution in [-0.2, 0) is 31.8 Å². The smallest absolute Gasteiger partial charge is 0.406 e. The Morgan fingerprint density at radius 3 is 1.30 bits per heavy atom. The Morgan fingerprint density at radius 2 is 1.02 bits per heavy atom. The highest BCUT2D eigenvalue weighted by atomic mass is 19.4. The lowest BCUT2D eigenvalue weighted by molar-refractivity contribution is -0.544. The summed E-state index contributed by atoms with van der Waals surface area (Å²) >= 11 is 0. The molecule has 214 valence electrons. The second-order valence-electron chi connectivity index (χ2n) is 8.97. The molecular weight excluding hydrogens is 571 g/mol. The van der Waals surface area contributed by atoms with E-state index < -0.39 is 64.3 Å². The normalized spacial score (nSPS) is 13.6. The first-order valence-corrected chi connectivity index (χ1v) is 11.0. The van der Waals surface area contributed by atoms with Crippen LogP contribution in [0.15, 0.2) is 73.6 Å². The molecule has 0 aliphatic carbocycles. The SMILES string of the molecule is Cn1cc[n+]([B-](c2cc(C(F)(F)F)cc(C(F)(F)F)c2)(c2cc(C(F)(F)F)cc(C(F)(F)F)c2)n2cccn2)c1. The third-order valence-corrected chi connectivity index (χ3v) is 6.28. The fourth-order valence-electron chi connectivity index (χ4n) is 4.59. The molecule has 0 bridgehead atoms. The van der Waals surface area contributed by atoms with Crippen LogP contribution in [0.4, 0.5) is 52.7 Å². The molecule has 4 rings (SSSR count). The van der Waals surface area contributed by atoms with Crippen molar-refractivity contribution in [3.05, 3.63) is 95.8 Å². The summed E-state index contributed by atoms with van der Waals surface area (Å²) in [6.07, 6.45) is -19.8. The maximum absolute atomic E-state index is 13.8. The van der Waals surface area contributed by atoms with E-state index in [4.69, 9.17) is 0 Å². The van der Waals surface area contributed by atoms with Gasteiger partial charge in [0.25, 0.3) is 0 Å². The first kappa shape index (κ1) is 29.1. The summed E-state index contributed by atoms with van der Waals surface area (Å²) in [4.78, 5) is 0. The van der Waals surface area contributed by atoms with Crippen molar-refractivity contribution in [3.63, 3.8) is 0 Å². The summed E-state index contributed by atoms with van der Waals surface area (Å²) in [6, 6.07) is 1.78. The Labute approximate surface area is 217 Å². The molecule has 0 aliphatic heterocycles. The highest BCUT2D eigenvalue weighted by molar-refractivity contribution is 6.94. The van der Waals surface area contributed by atoms with Gasteiger partial charge in [-0.2, -0.15) is 52.7 Å². The number of nitrogens with zero attached hydrogens (tertiary/aromatic N) is 4. The summed E-state index contributed by atoms with van der Waals surface area (Å²) in [5, 5.41) is 3.88. The predicted molar refractivity (Wildman–Crippen MR) is 117 cm³/mol. The number of aromatic nitrogens is 4. The minimum Gasteiger partial charge on any atom is -0.406 e. The average Bonchev–Trinajstić information content (AvgIpc) is 3.50. The number of benzene rings is 2. The molecule has 4 nitrogen and oxygen atoms in total. The van der Waals surface area contributed by atoms with E-state index in [1.54, 1.807) is 0 Å². The van der Waals surface area contributed by atoms with Crippen molar-refractivity contribution in [2.24, 2.45) is 7.05 Å². The van der Waals surface area contributed by atoms with Gasteiger partial charge in [-0.3, -0.25) is 0 Å². The van der Waals surface area contributed by atoms with Crippen molar-refractivity contribution >= 4 is 17.3 Å². The molecular formula is C23H15BF12N4. The molecule has 0 aliphatic rings. The highest BCUT2D eigenvalue weighted by Crippen LogP contribution is 2.37. The lowest BCUT2D eigenvalue weighted by atomic mass is 9.36. The minimum atomic E-state index is -5.37. The second-order valence-corrected chi connectivity index (χ2v) is 8.97. The van der Waals surface area contributed by atoms with E-state index in [1.807, 2.05) is 0 Å². The van der Waals surface area contributed by atoms with Gasteiger partial charge in [-0.05, 0) is 24.4 Å². The van der Waals surface area contributed by atoms with Crippen LogP contribution in [0.1, 0.15) is 22.3 Å². The molecule has 2 aromatic carbocycles. The fourth-order valence-corrected chi connectivity index (χ4v) is 4.59. The van der Waals surface area contributed by atoms with Crippen LogP contribution >= 0.6 is 0 Å². The highest BCUT2D eigenvalue weighted by Gasteiger charge is 2.47. The van der Waals surface area contributed by atoms with Crippen LogP contribution in [0.3, 0.4) is 0 Å². The van der Waals surface area contributed by atoms with Crippen molar-refractivity contribution in [2.45, 2.75) is 24.7 Å². The summed E-state index contributed by atoms with van der Waals surface area (Å²) in [7, 11) is 1.38. The third-order valence-electron chi connectivity index (χ3n) is 6.28. The van der Waals surface area contributed by atoms with Crippen LogP contribution in [0.25, 0.3) is 0 Å². The quantitative estimate of drug-likeness (QED) is 0.238. The third kappa shape index (κ3) is 5.28. The molecule has 17 heteroatoms. The van der Waals surface area contributed by atoms with Crippen LogP contribution in [0.5, 0.6) is 0 Å². The standard InChI is InChI=1S/C23H15BF12N4/c1-38-5-6-39(13-38)24(40-4-2-3-37-40,18-9-14(20(25,26)27)7-15(10-18)21(28,29)30)19-11-16(22(31,32)33)8-17(12-19)23(34,35)36/h2-13H,1H3. The lowest BCUT2D eigenvalue weighted by Gasteiger charge is -2.40. The van der Waals surface area contributed by atoms with E-state index in [0.29, 0.717) is 0 Å². The zero-order valence-electron chi connectivity index (χ0n) is 19.8. The zero-order valence-corrected chi connectivity index (χ0v) is 19.8. The van der Waals surface area contributed by atoms with E-state index in [-0.39, 0.29) is 36.4 Å². The molecule has 0 spiro atoms. The van der Waals surface area contributed by atoms with Crippen LogP contribution in [-0.4, -0.2) is 20.7 Å². The number of alkyl halides is 12. The molecule has 40 heavy (non-hydrogen) atoms. The van der Waals surface area contributed by atoms with Crippen LogP contribution < -0.4 is 15.4 Å². The van der Waals surface area contributed by atoms with Crippen molar-refractivity contribution in [1.82, 2.24) is 14.3 Å². The van der Waals surface area contributed by atoms with Gasteiger partial charge >= 0.3 is 31.1 Å². The second kappa shape index (κ2) is 9.33. The number of rotatable bonds is 4. The summed E-state index contributed by atoms with van der Waals surface area (Å²) in [5.41, 5.74) is -9.11. The number of aryl methyl sites for hydroxylation is 1. The van der Waals surface area contributed by atoms with Crippen molar-refractivity contribution < 1.29 is 57.2 Å². The Bertz CT molecular complexity index is 1370. The molecule has 0 atom stereocenters. The van der Waals surface area contributed by atoms with Gasteiger partial charge in [0, 0.05) is 6.20 Å². The van der Waals surface area contributed by atoms with E-state index in [0.717, 1.165) is 40.1 Å². The summed E-state index contributed by atoms with van der Waals surface area (Å²) < 4.78 is 169. The lowest BCUT2D eigenvalue weighted by Crippen LogP contribution is -2.82. The Morgan fingerprint density at radius 1 is 0.625 bits per heavy atom. The fraction of sp³-hybridized carbons (Fsp3) is 0.217. The van der Waals surface area contributed by atoms with Gasteiger partial charge in [0.05, 0.1) is 35.5 Å². The van der Waals surface area contributed by atoms with Crippen LogP contribution in [0.2, 0.25) is 0 Å². The number of halogens is 12. The molecule has 2 aromatic heterocycles. The monoisotopic (exact) mass is 586 g/mol. The van der Waals surface area contributed by atoms with E-state index in [2.05, 4.69) is 5.10 Å². The topological polar surface area (TPSA) is 26.6 Å². The number of imidazole rings is 1. The van der Waals surface area contributed by atoms with Crippen molar-refractivity contribution in [2.75, 3.05) is 0 Å². The van der Waals surface area contributed by atoms with Gasteiger partial charge in [0.1, 0.15) is 6.20 Å². The molecule has 0 amide bonds. The largest absolute Gasteiger partial charge is 0.416 e. The maximum Gasteiger partial charge on any atom is 0.416 e. The number of hydrogen-bond acceptors (Lipinski definition) is 1. The van der Waals surface area contributed by atoms with Gasteiger partial charge in [0.2, 0.25) is 0 Å². The first-order valence-electron chi connectivity index (χ1n) is 11.0. The molecule has 2 heterocycles. The predicted octanol–water partition coefficient (Wildman–Crippen LogP) is 5.24. The Hall–Kier alpha value is -3.92. The zero-order chi connectivity index (χ0) is 29.9. The van der Waals surface area contributed by atoms with Gasteiger partial charge in [0.15, 0.2) is 6.33 Å². The van der Waals surface area contributed by atoms with Gasteiger partial charge < -0.3 is 9.07 Å².